The Morgan fingerprint density at radius 3 is 3.00 bits per heavy atom. The molecule has 1 aromatic heterocycles. The van der Waals surface area contributed by atoms with Gasteiger partial charge in [-0.15, -0.1) is 0 Å². The zero-order valence-electron chi connectivity index (χ0n) is 11.3. The lowest BCUT2D eigenvalue weighted by Gasteiger charge is -2.02. The van der Waals surface area contributed by atoms with Gasteiger partial charge in [0.15, 0.2) is 5.16 Å². The van der Waals surface area contributed by atoms with E-state index in [2.05, 4.69) is 15.3 Å². The number of carboxylic acid groups (broad SMARTS) is 1. The molecule has 1 aromatic carbocycles. The Morgan fingerprint density at radius 2 is 2.24 bits per heavy atom. The molecule has 112 valence electrons. The van der Waals surface area contributed by atoms with Crippen molar-refractivity contribution >= 4 is 40.4 Å². The molecule has 2 rings (SSSR count). The predicted octanol–water partition coefficient (Wildman–Crippen LogP) is 1.22. The highest BCUT2D eigenvalue weighted by Crippen LogP contribution is 2.20. The van der Waals surface area contributed by atoms with Crippen molar-refractivity contribution in [3.63, 3.8) is 0 Å². The smallest absolute Gasteiger partial charge is 0.303 e. The summed E-state index contributed by atoms with van der Waals surface area (Å²) in [6, 6.07) is 5.38. The molecule has 5 N–H and O–H groups in total. The quantitative estimate of drug-likeness (QED) is 0.347. The minimum Gasteiger partial charge on any atom is -0.481 e. The van der Waals surface area contributed by atoms with E-state index < -0.39 is 5.97 Å². The minimum absolute atomic E-state index is 0.0540. The molecule has 1 heterocycles. The summed E-state index contributed by atoms with van der Waals surface area (Å²) in [4.78, 5) is 29.3. The summed E-state index contributed by atoms with van der Waals surface area (Å²) in [6.45, 7) is 0.363. The summed E-state index contributed by atoms with van der Waals surface area (Å²) in [5, 5.41) is 11.8. The van der Waals surface area contributed by atoms with Gasteiger partial charge in [-0.05, 0) is 24.6 Å². The van der Waals surface area contributed by atoms with Crippen molar-refractivity contribution in [2.75, 3.05) is 18.0 Å². The Balaban J connectivity index is 1.78. The number of carbonyl (C=O) groups excluding carboxylic acids is 1. The first-order valence-electron chi connectivity index (χ1n) is 6.41. The number of hydrogen-bond acceptors (Lipinski definition) is 5. The van der Waals surface area contributed by atoms with Crippen LogP contribution in [0.3, 0.4) is 0 Å². The van der Waals surface area contributed by atoms with E-state index in [1.807, 2.05) is 6.07 Å². The number of rotatable bonds is 7. The highest BCUT2D eigenvalue weighted by atomic mass is 32.2. The second kappa shape index (κ2) is 6.98. The van der Waals surface area contributed by atoms with Gasteiger partial charge in [0.25, 0.3) is 0 Å². The molecule has 0 bridgehead atoms. The van der Waals surface area contributed by atoms with Crippen LogP contribution in [0.5, 0.6) is 0 Å². The number of aromatic amines is 1. The molecule has 0 saturated carbocycles. The second-order valence-electron chi connectivity index (χ2n) is 4.45. The van der Waals surface area contributed by atoms with Gasteiger partial charge in [0.1, 0.15) is 0 Å². The number of thioether (sulfide) groups is 1. The number of carbonyl (C=O) groups is 2. The molecule has 0 aliphatic rings. The average Bonchev–Trinajstić information content (AvgIpc) is 2.83. The van der Waals surface area contributed by atoms with Crippen molar-refractivity contribution in [1.82, 2.24) is 15.3 Å². The molecule has 0 radical (unpaired) electrons. The van der Waals surface area contributed by atoms with Gasteiger partial charge < -0.3 is 21.1 Å². The highest BCUT2D eigenvalue weighted by molar-refractivity contribution is 7.99. The SMILES string of the molecule is Nc1ccc2nc(SCC(=O)NCCCC(=O)O)[nH]c2c1. The fourth-order valence-electron chi connectivity index (χ4n) is 1.72. The lowest BCUT2D eigenvalue weighted by Crippen LogP contribution is -2.26. The standard InChI is InChI=1S/C13H16N4O3S/c14-8-3-4-9-10(6-8)17-13(16-9)21-7-11(18)15-5-1-2-12(19)20/h3-4,6H,1-2,5,7,14H2,(H,15,18)(H,16,17)(H,19,20). The molecule has 0 aliphatic carbocycles. The number of hydrogen-bond donors (Lipinski definition) is 4. The second-order valence-corrected chi connectivity index (χ2v) is 5.42. The Hall–Kier alpha value is -2.22. The van der Waals surface area contributed by atoms with E-state index >= 15 is 0 Å². The molecule has 2 aromatic rings. The van der Waals surface area contributed by atoms with Crippen LogP contribution in [0.2, 0.25) is 0 Å². The van der Waals surface area contributed by atoms with E-state index in [1.54, 1.807) is 12.1 Å². The zero-order chi connectivity index (χ0) is 15.2. The fraction of sp³-hybridized carbons (Fsp3) is 0.308. The molecule has 0 saturated heterocycles. The number of nitrogens with zero attached hydrogens (tertiary/aromatic N) is 1. The Kier molecular flexibility index (Phi) is 5.04. The summed E-state index contributed by atoms with van der Waals surface area (Å²) in [7, 11) is 0. The average molecular weight is 308 g/mol. The van der Waals surface area contributed by atoms with Crippen LogP contribution in [0.15, 0.2) is 23.4 Å². The van der Waals surface area contributed by atoms with E-state index in [0.717, 1.165) is 11.0 Å². The van der Waals surface area contributed by atoms with E-state index in [1.165, 1.54) is 11.8 Å². The number of imidazole rings is 1. The van der Waals surface area contributed by atoms with Crippen LogP contribution in [0.25, 0.3) is 11.0 Å². The maximum absolute atomic E-state index is 11.6. The van der Waals surface area contributed by atoms with E-state index in [-0.39, 0.29) is 18.1 Å². The number of anilines is 1. The maximum Gasteiger partial charge on any atom is 0.303 e. The van der Waals surface area contributed by atoms with E-state index in [0.29, 0.717) is 23.8 Å². The third kappa shape index (κ3) is 4.67. The van der Waals surface area contributed by atoms with Gasteiger partial charge >= 0.3 is 5.97 Å². The van der Waals surface area contributed by atoms with Crippen LogP contribution < -0.4 is 11.1 Å². The number of fused-ring (bicyclic) bond motifs is 1. The van der Waals surface area contributed by atoms with E-state index in [4.69, 9.17) is 10.8 Å². The molecule has 1 amide bonds. The van der Waals surface area contributed by atoms with Gasteiger partial charge in [0, 0.05) is 18.7 Å². The molecule has 8 heteroatoms. The number of nitrogens with one attached hydrogen (secondary N) is 2. The third-order valence-electron chi connectivity index (χ3n) is 2.71. The summed E-state index contributed by atoms with van der Waals surface area (Å²) in [6.07, 6.45) is 0.480. The minimum atomic E-state index is -0.861. The summed E-state index contributed by atoms with van der Waals surface area (Å²) in [5.41, 5.74) is 7.97. The van der Waals surface area contributed by atoms with Crippen LogP contribution in [0, 0.1) is 0 Å². The number of benzene rings is 1. The van der Waals surface area contributed by atoms with Crippen molar-refractivity contribution < 1.29 is 14.7 Å². The fourth-order valence-corrected chi connectivity index (χ4v) is 2.44. The number of aliphatic carboxylic acids is 1. The first-order valence-corrected chi connectivity index (χ1v) is 7.39. The topological polar surface area (TPSA) is 121 Å². The van der Waals surface area contributed by atoms with Gasteiger partial charge in [-0.3, -0.25) is 9.59 Å². The summed E-state index contributed by atoms with van der Waals surface area (Å²) >= 11 is 1.29. The number of amides is 1. The van der Waals surface area contributed by atoms with Crippen LogP contribution in [0.1, 0.15) is 12.8 Å². The van der Waals surface area contributed by atoms with Gasteiger partial charge in [0.05, 0.1) is 16.8 Å². The molecular formula is C13H16N4O3S. The number of nitrogen functional groups attached to an aromatic ring is 1. The third-order valence-corrected chi connectivity index (χ3v) is 3.59. The van der Waals surface area contributed by atoms with Gasteiger partial charge in [-0.25, -0.2) is 4.98 Å². The predicted molar refractivity (Wildman–Crippen MR) is 81.1 cm³/mol. The lowest BCUT2D eigenvalue weighted by atomic mass is 10.3. The first kappa shape index (κ1) is 15.2. The largest absolute Gasteiger partial charge is 0.481 e. The molecule has 0 aliphatic heterocycles. The summed E-state index contributed by atoms with van der Waals surface area (Å²) < 4.78 is 0. The van der Waals surface area contributed by atoms with Crippen molar-refractivity contribution in [2.45, 2.75) is 18.0 Å². The van der Waals surface area contributed by atoms with Crippen molar-refractivity contribution in [3.05, 3.63) is 18.2 Å². The van der Waals surface area contributed by atoms with Crippen molar-refractivity contribution in [1.29, 1.82) is 0 Å². The lowest BCUT2D eigenvalue weighted by molar-refractivity contribution is -0.137. The van der Waals surface area contributed by atoms with Gasteiger partial charge in [-0.2, -0.15) is 0 Å². The molecular weight excluding hydrogens is 292 g/mol. The van der Waals surface area contributed by atoms with Crippen LogP contribution in [0.4, 0.5) is 5.69 Å². The van der Waals surface area contributed by atoms with Crippen LogP contribution in [-0.2, 0) is 9.59 Å². The van der Waals surface area contributed by atoms with Crippen LogP contribution in [-0.4, -0.2) is 39.2 Å². The molecule has 0 unspecified atom stereocenters. The molecule has 7 nitrogen and oxygen atoms in total. The number of aromatic nitrogens is 2. The Bertz CT molecular complexity index is 656. The molecule has 0 atom stereocenters. The number of H-pyrrole nitrogens is 1. The van der Waals surface area contributed by atoms with E-state index in [9.17, 15) is 9.59 Å². The first-order chi connectivity index (χ1) is 10.0. The van der Waals surface area contributed by atoms with Crippen molar-refractivity contribution in [2.24, 2.45) is 0 Å². The zero-order valence-corrected chi connectivity index (χ0v) is 12.1. The normalized spacial score (nSPS) is 10.7. The highest BCUT2D eigenvalue weighted by Gasteiger charge is 2.07. The molecule has 21 heavy (non-hydrogen) atoms. The summed E-state index contributed by atoms with van der Waals surface area (Å²) in [5.74, 6) is -0.784. The Labute approximate surface area is 125 Å². The maximum atomic E-state index is 11.6. The van der Waals surface area contributed by atoms with Gasteiger partial charge in [0.2, 0.25) is 5.91 Å². The van der Waals surface area contributed by atoms with Crippen molar-refractivity contribution in [3.8, 4) is 0 Å². The van der Waals surface area contributed by atoms with Gasteiger partial charge in [-0.1, -0.05) is 11.8 Å². The number of carboxylic acids is 1. The monoisotopic (exact) mass is 308 g/mol. The number of nitrogens with two attached hydrogens (primary N) is 1. The van der Waals surface area contributed by atoms with Crippen LogP contribution >= 0.6 is 11.8 Å². The molecule has 0 fully saturated rings. The Morgan fingerprint density at radius 1 is 1.43 bits per heavy atom. The molecule has 0 spiro atoms.